The molecule has 0 saturated heterocycles. The number of benzene rings is 1. The number of amides is 1. The lowest BCUT2D eigenvalue weighted by molar-refractivity contribution is -0.384. The van der Waals surface area contributed by atoms with E-state index >= 15 is 0 Å². The van der Waals surface area contributed by atoms with E-state index in [-0.39, 0.29) is 28.8 Å². The molecule has 4 rings (SSSR count). The van der Waals surface area contributed by atoms with Gasteiger partial charge in [-0.1, -0.05) is 11.6 Å². The first-order valence-corrected chi connectivity index (χ1v) is 10.7. The predicted molar refractivity (Wildman–Crippen MR) is 115 cm³/mol. The fourth-order valence-electron chi connectivity index (χ4n) is 3.38. The molecule has 0 fully saturated rings. The summed E-state index contributed by atoms with van der Waals surface area (Å²) in [4.78, 5) is 24.0. The predicted octanol–water partition coefficient (Wildman–Crippen LogP) is 5.48. The number of non-ortho nitro benzene ring substituents is 1. The van der Waals surface area contributed by atoms with Gasteiger partial charge in [0.2, 0.25) is 0 Å². The van der Waals surface area contributed by atoms with Crippen LogP contribution in [0.1, 0.15) is 45.2 Å². The Kier molecular flexibility index (Phi) is 5.93. The van der Waals surface area contributed by atoms with E-state index in [0.29, 0.717) is 16.3 Å². The summed E-state index contributed by atoms with van der Waals surface area (Å²) in [6, 6.07) is 9.21. The molecule has 1 aliphatic rings. The average molecular weight is 458 g/mol. The van der Waals surface area contributed by atoms with Crippen molar-refractivity contribution in [2.45, 2.75) is 32.3 Å². The smallest absolute Gasteiger partial charge is 0.292 e. The molecule has 1 aromatic carbocycles. The molecule has 0 spiro atoms. The van der Waals surface area contributed by atoms with E-state index in [4.69, 9.17) is 20.8 Å². The molecule has 8 nitrogen and oxygen atoms in total. The Morgan fingerprint density at radius 2 is 2.13 bits per heavy atom. The fraction of sp³-hybridized carbons (Fsp3) is 0.238. The van der Waals surface area contributed by atoms with Crippen LogP contribution in [0.4, 0.5) is 10.7 Å². The van der Waals surface area contributed by atoms with E-state index in [0.717, 1.165) is 36.1 Å². The highest BCUT2D eigenvalue weighted by Crippen LogP contribution is 2.38. The molecule has 1 aliphatic carbocycles. The maximum atomic E-state index is 12.6. The number of hydrogen-bond donors (Lipinski definition) is 1. The summed E-state index contributed by atoms with van der Waals surface area (Å²) < 4.78 is 11.1. The number of halogens is 1. The normalized spacial score (nSPS) is 12.6. The van der Waals surface area contributed by atoms with Crippen LogP contribution >= 0.6 is 22.9 Å². The maximum absolute atomic E-state index is 12.6. The largest absolute Gasteiger partial charge is 0.484 e. The van der Waals surface area contributed by atoms with E-state index in [9.17, 15) is 20.2 Å². The van der Waals surface area contributed by atoms with Gasteiger partial charge in [0.05, 0.1) is 15.5 Å². The minimum absolute atomic E-state index is 0.0123. The molecule has 0 unspecified atom stereocenters. The van der Waals surface area contributed by atoms with E-state index in [1.165, 1.54) is 35.6 Å². The Balaban J connectivity index is 1.42. The van der Waals surface area contributed by atoms with Crippen LogP contribution in [0.3, 0.4) is 0 Å². The minimum atomic E-state index is -0.547. The van der Waals surface area contributed by atoms with Crippen molar-refractivity contribution in [1.29, 1.82) is 5.26 Å². The van der Waals surface area contributed by atoms with E-state index in [1.807, 2.05) is 0 Å². The number of nitrogens with zero attached hydrogens (tertiary/aromatic N) is 2. The summed E-state index contributed by atoms with van der Waals surface area (Å²) in [5, 5.41) is 23.7. The number of nitriles is 1. The Hall–Kier alpha value is -3.35. The van der Waals surface area contributed by atoms with Crippen LogP contribution in [0.2, 0.25) is 5.02 Å². The molecule has 31 heavy (non-hydrogen) atoms. The van der Waals surface area contributed by atoms with Gasteiger partial charge in [0, 0.05) is 17.0 Å². The van der Waals surface area contributed by atoms with E-state index in [2.05, 4.69) is 11.4 Å². The van der Waals surface area contributed by atoms with Crippen molar-refractivity contribution in [3.63, 3.8) is 0 Å². The number of ether oxygens (including phenoxy) is 1. The second-order valence-electron chi connectivity index (χ2n) is 6.91. The third-order valence-electron chi connectivity index (χ3n) is 4.89. The SMILES string of the molecule is N#Cc1c(NC(=O)c2ccc(COc3ccc([N+](=O)[O-])cc3Cl)o2)sc2c1CCCC2. The zero-order valence-corrected chi connectivity index (χ0v) is 17.7. The van der Waals surface area contributed by atoms with Crippen LogP contribution in [0.5, 0.6) is 5.75 Å². The van der Waals surface area contributed by atoms with Crippen LogP contribution in [-0.4, -0.2) is 10.8 Å². The summed E-state index contributed by atoms with van der Waals surface area (Å²) in [5.41, 5.74) is 1.44. The number of rotatable bonds is 6. The van der Waals surface area contributed by atoms with Gasteiger partial charge in [-0.15, -0.1) is 11.3 Å². The summed E-state index contributed by atoms with van der Waals surface area (Å²) in [6.45, 7) is -0.0123. The summed E-state index contributed by atoms with van der Waals surface area (Å²) >= 11 is 7.45. The summed E-state index contributed by atoms with van der Waals surface area (Å²) in [6.07, 6.45) is 3.92. The molecule has 1 amide bonds. The first kappa shape index (κ1) is 20.9. The number of nitrogens with one attached hydrogen (secondary N) is 1. The monoisotopic (exact) mass is 457 g/mol. The number of thiophene rings is 1. The number of fused-ring (bicyclic) bond motifs is 1. The molecule has 0 aliphatic heterocycles. The number of nitro benzene ring substituents is 1. The van der Waals surface area contributed by atoms with Crippen molar-refractivity contribution in [3.05, 3.63) is 73.0 Å². The Bertz CT molecular complexity index is 1210. The van der Waals surface area contributed by atoms with E-state index < -0.39 is 10.8 Å². The number of furan rings is 1. The molecular weight excluding hydrogens is 442 g/mol. The lowest BCUT2D eigenvalue weighted by atomic mass is 9.96. The van der Waals surface area contributed by atoms with Gasteiger partial charge >= 0.3 is 0 Å². The number of carbonyl (C=O) groups excluding carboxylic acids is 1. The highest BCUT2D eigenvalue weighted by atomic mass is 35.5. The van der Waals surface area contributed by atoms with Gasteiger partial charge in [-0.3, -0.25) is 14.9 Å². The molecular formula is C21H16ClN3O5S. The summed E-state index contributed by atoms with van der Waals surface area (Å²) in [7, 11) is 0. The molecule has 3 aromatic rings. The topological polar surface area (TPSA) is 118 Å². The molecule has 0 saturated carbocycles. The number of hydrogen-bond acceptors (Lipinski definition) is 7. The number of aryl methyl sites for hydroxylation is 1. The minimum Gasteiger partial charge on any atom is -0.484 e. The Morgan fingerprint density at radius 1 is 1.32 bits per heavy atom. The van der Waals surface area contributed by atoms with Gasteiger partial charge in [0.1, 0.15) is 29.2 Å². The zero-order chi connectivity index (χ0) is 22.0. The Morgan fingerprint density at radius 3 is 2.87 bits per heavy atom. The lowest BCUT2D eigenvalue weighted by Gasteiger charge is -2.09. The van der Waals surface area contributed by atoms with Crippen LogP contribution in [0.15, 0.2) is 34.7 Å². The zero-order valence-electron chi connectivity index (χ0n) is 16.1. The number of nitro groups is 1. The van der Waals surface area contributed by atoms with Crippen LogP contribution in [0, 0.1) is 21.4 Å². The fourth-order valence-corrected chi connectivity index (χ4v) is 4.85. The second-order valence-corrected chi connectivity index (χ2v) is 8.42. The number of anilines is 1. The van der Waals surface area contributed by atoms with Gasteiger partial charge in [-0.05, 0) is 49.4 Å². The van der Waals surface area contributed by atoms with Crippen LogP contribution in [0.25, 0.3) is 0 Å². The van der Waals surface area contributed by atoms with Gasteiger partial charge in [-0.2, -0.15) is 5.26 Å². The third-order valence-corrected chi connectivity index (χ3v) is 6.39. The quantitative estimate of drug-likeness (QED) is 0.386. The maximum Gasteiger partial charge on any atom is 0.292 e. The number of carbonyl (C=O) groups is 1. The highest BCUT2D eigenvalue weighted by Gasteiger charge is 2.23. The van der Waals surface area contributed by atoms with Crippen molar-refractivity contribution in [2.24, 2.45) is 0 Å². The van der Waals surface area contributed by atoms with Crippen molar-refractivity contribution in [2.75, 3.05) is 5.32 Å². The third kappa shape index (κ3) is 4.40. The summed E-state index contributed by atoms with van der Waals surface area (Å²) in [5.74, 6) is 0.279. The van der Waals surface area contributed by atoms with Crippen molar-refractivity contribution >= 4 is 39.5 Å². The molecule has 0 radical (unpaired) electrons. The van der Waals surface area contributed by atoms with Gasteiger partial charge in [0.15, 0.2) is 5.76 Å². The molecule has 0 bridgehead atoms. The first-order valence-electron chi connectivity index (χ1n) is 9.47. The molecule has 2 heterocycles. The average Bonchev–Trinajstić information content (AvgIpc) is 3.36. The first-order chi connectivity index (χ1) is 15.0. The van der Waals surface area contributed by atoms with Gasteiger partial charge in [0.25, 0.3) is 11.6 Å². The second kappa shape index (κ2) is 8.79. The highest BCUT2D eigenvalue weighted by molar-refractivity contribution is 7.16. The van der Waals surface area contributed by atoms with Crippen molar-refractivity contribution in [3.8, 4) is 11.8 Å². The molecule has 2 aromatic heterocycles. The Labute approximate surface area is 186 Å². The standard InChI is InChI=1S/C21H16ClN3O5S/c22-16-9-12(25(27)28)5-7-17(16)29-11-13-6-8-18(30-13)20(26)24-21-15(10-23)14-3-1-2-4-19(14)31-21/h5-9H,1-4,11H2,(H,24,26). The molecule has 0 atom stereocenters. The molecule has 158 valence electrons. The van der Waals surface area contributed by atoms with Crippen LogP contribution in [-0.2, 0) is 19.4 Å². The van der Waals surface area contributed by atoms with E-state index in [1.54, 1.807) is 6.07 Å². The van der Waals surface area contributed by atoms with Crippen molar-refractivity contribution < 1.29 is 18.9 Å². The van der Waals surface area contributed by atoms with Gasteiger partial charge in [-0.25, -0.2) is 0 Å². The van der Waals surface area contributed by atoms with Crippen molar-refractivity contribution in [1.82, 2.24) is 0 Å². The molecule has 1 N–H and O–H groups in total. The van der Waals surface area contributed by atoms with Crippen LogP contribution < -0.4 is 10.1 Å². The molecule has 10 heteroatoms. The van der Waals surface area contributed by atoms with Gasteiger partial charge < -0.3 is 14.5 Å². The lowest BCUT2D eigenvalue weighted by Crippen LogP contribution is -2.11.